The van der Waals surface area contributed by atoms with E-state index in [1.165, 1.54) is 31.3 Å². The highest BCUT2D eigenvalue weighted by atomic mass is 32.2. The Morgan fingerprint density at radius 3 is 2.24 bits per heavy atom. The highest BCUT2D eigenvalue weighted by molar-refractivity contribution is 8.17. The Kier molecular flexibility index (Phi) is 7.91. The summed E-state index contributed by atoms with van der Waals surface area (Å²) in [5.41, 5.74) is 2.57. The van der Waals surface area contributed by atoms with Crippen molar-refractivity contribution in [3.05, 3.63) is 11.1 Å². The number of esters is 1. The van der Waals surface area contributed by atoms with E-state index in [1.807, 2.05) is 23.5 Å². The SMILES string of the molecule is CC(=O)O[C@H]1CC[C@]2(C)C3CC[C@@H]4C5=C(C(C)C)C(=O)C[C@]5(C(O)C5SCCCS5)CC[C@@]4(C)[C@]3(C)CC[C@H]2C1(C)C. The van der Waals surface area contributed by atoms with Crippen LogP contribution in [-0.4, -0.2) is 45.2 Å². The largest absolute Gasteiger partial charge is 0.462 e. The first-order chi connectivity index (χ1) is 19.6. The van der Waals surface area contributed by atoms with Gasteiger partial charge in [-0.2, -0.15) is 0 Å². The summed E-state index contributed by atoms with van der Waals surface area (Å²) in [4.78, 5) is 25.9. The van der Waals surface area contributed by atoms with E-state index in [4.69, 9.17) is 4.74 Å². The van der Waals surface area contributed by atoms with Crippen LogP contribution in [0.2, 0.25) is 0 Å². The van der Waals surface area contributed by atoms with Crippen molar-refractivity contribution >= 4 is 35.3 Å². The number of aliphatic hydroxyl groups excluding tert-OH is 1. The topological polar surface area (TPSA) is 63.6 Å². The van der Waals surface area contributed by atoms with Crippen molar-refractivity contribution in [3.8, 4) is 0 Å². The van der Waals surface area contributed by atoms with Crippen molar-refractivity contribution in [3.63, 3.8) is 0 Å². The molecule has 42 heavy (non-hydrogen) atoms. The molecule has 0 bridgehead atoms. The Bertz CT molecular complexity index is 1160. The molecule has 5 aliphatic carbocycles. The minimum atomic E-state index is -0.455. The lowest BCUT2D eigenvalue weighted by Gasteiger charge is -2.72. The molecule has 1 heterocycles. The molecule has 0 aromatic rings. The highest BCUT2D eigenvalue weighted by Crippen LogP contribution is 2.77. The fourth-order valence-electron chi connectivity index (χ4n) is 12.4. The maximum absolute atomic E-state index is 13.9. The molecule has 0 amide bonds. The third-order valence-corrected chi connectivity index (χ3v) is 17.4. The van der Waals surface area contributed by atoms with Gasteiger partial charge in [0.15, 0.2) is 5.78 Å². The Labute approximate surface area is 263 Å². The minimum absolute atomic E-state index is 0.0000693. The molecule has 6 heteroatoms. The van der Waals surface area contributed by atoms with Gasteiger partial charge in [-0.05, 0) is 115 Å². The molecule has 1 N–H and O–H groups in total. The number of Topliss-reactive ketones (excluding diaryl/α,β-unsaturated/α-hetero) is 1. The number of thioether (sulfide) groups is 2. The lowest BCUT2D eigenvalue weighted by atomic mass is 9.33. The second-order valence-electron chi connectivity index (χ2n) is 16.7. The van der Waals surface area contributed by atoms with Gasteiger partial charge in [0.05, 0.1) is 10.7 Å². The molecule has 236 valence electrons. The van der Waals surface area contributed by atoms with E-state index in [-0.39, 0.29) is 49.6 Å². The molecule has 1 aliphatic heterocycles. The summed E-state index contributed by atoms with van der Waals surface area (Å²) in [5.74, 6) is 4.12. The summed E-state index contributed by atoms with van der Waals surface area (Å²) < 4.78 is 6.11. The van der Waals surface area contributed by atoms with Gasteiger partial charge in [-0.15, -0.1) is 23.5 Å². The van der Waals surface area contributed by atoms with Crippen LogP contribution >= 0.6 is 23.5 Å². The summed E-state index contributed by atoms with van der Waals surface area (Å²) in [6.45, 7) is 18.5. The first-order valence-electron chi connectivity index (χ1n) is 17.0. The summed E-state index contributed by atoms with van der Waals surface area (Å²) >= 11 is 3.86. The fourth-order valence-corrected chi connectivity index (χ4v) is 15.5. The van der Waals surface area contributed by atoms with Crippen molar-refractivity contribution in [2.75, 3.05) is 11.5 Å². The number of carbonyl (C=O) groups excluding carboxylic acids is 2. The summed E-state index contributed by atoms with van der Waals surface area (Å²) in [5, 5.41) is 12.2. The second kappa shape index (κ2) is 10.5. The van der Waals surface area contributed by atoms with Gasteiger partial charge in [0, 0.05) is 24.2 Å². The van der Waals surface area contributed by atoms with E-state index < -0.39 is 6.10 Å². The Morgan fingerprint density at radius 1 is 0.905 bits per heavy atom. The molecule has 0 radical (unpaired) electrons. The Hall–Kier alpha value is -0.460. The van der Waals surface area contributed by atoms with Crippen molar-refractivity contribution in [2.24, 2.45) is 50.7 Å². The number of ketones is 1. The Morgan fingerprint density at radius 2 is 1.60 bits per heavy atom. The number of ether oxygens (including phenoxy) is 1. The zero-order valence-electron chi connectivity index (χ0n) is 27.5. The van der Waals surface area contributed by atoms with Gasteiger partial charge in [0.2, 0.25) is 0 Å². The average Bonchev–Trinajstić information content (AvgIpc) is 3.24. The van der Waals surface area contributed by atoms with Crippen LogP contribution < -0.4 is 0 Å². The van der Waals surface area contributed by atoms with Crippen LogP contribution in [0.4, 0.5) is 0 Å². The second-order valence-corrected chi connectivity index (χ2v) is 19.5. The van der Waals surface area contributed by atoms with Gasteiger partial charge in [0.1, 0.15) is 6.10 Å². The van der Waals surface area contributed by atoms with E-state index in [0.29, 0.717) is 30.0 Å². The van der Waals surface area contributed by atoms with Crippen LogP contribution in [0.15, 0.2) is 11.1 Å². The molecule has 9 atom stereocenters. The molecule has 2 unspecified atom stereocenters. The van der Waals surface area contributed by atoms with Crippen LogP contribution in [0.25, 0.3) is 0 Å². The third-order valence-electron chi connectivity index (χ3n) is 14.4. The molecule has 0 aromatic carbocycles. The molecule has 1 saturated heterocycles. The molecule has 4 nitrogen and oxygen atoms in total. The molecular formula is C36H56O4S2. The van der Waals surface area contributed by atoms with E-state index in [0.717, 1.165) is 49.2 Å². The normalized spacial score (nSPS) is 46.0. The van der Waals surface area contributed by atoms with E-state index in [9.17, 15) is 14.7 Å². The molecule has 6 aliphatic rings. The van der Waals surface area contributed by atoms with Crippen LogP contribution in [0.3, 0.4) is 0 Å². The zero-order valence-corrected chi connectivity index (χ0v) is 29.1. The maximum atomic E-state index is 13.9. The van der Waals surface area contributed by atoms with Crippen LogP contribution in [-0.2, 0) is 14.3 Å². The Balaban J connectivity index is 1.39. The fraction of sp³-hybridized carbons (Fsp3) is 0.889. The standard InChI is InChI=1S/C36H56O4S2/c1-21(2)28-24(38)20-36(30(39)31-41-18-9-19-42-31)17-16-34(7)23(29(28)36)10-11-26-33(6)14-13-27(40-22(3)37)32(4,5)25(33)12-15-35(26,34)8/h21,23,25-27,30-31,39H,9-20H2,1-8H3/t23-,25+,26?,27+,30?,33+,34-,35-,36-/m1/s1. The lowest BCUT2D eigenvalue weighted by Crippen LogP contribution is -2.66. The first-order valence-corrected chi connectivity index (χ1v) is 19.1. The predicted octanol–water partition coefficient (Wildman–Crippen LogP) is 8.46. The monoisotopic (exact) mass is 616 g/mol. The summed E-state index contributed by atoms with van der Waals surface area (Å²) in [6, 6.07) is 0. The maximum Gasteiger partial charge on any atom is 0.302 e. The number of carbonyl (C=O) groups is 2. The average molecular weight is 617 g/mol. The molecule has 6 rings (SSSR count). The number of fused-ring (bicyclic) bond motifs is 7. The van der Waals surface area contributed by atoms with Gasteiger partial charge in [-0.25, -0.2) is 0 Å². The van der Waals surface area contributed by atoms with Crippen LogP contribution in [0.1, 0.15) is 120 Å². The van der Waals surface area contributed by atoms with Gasteiger partial charge in [-0.1, -0.05) is 54.0 Å². The van der Waals surface area contributed by atoms with Crippen LogP contribution in [0.5, 0.6) is 0 Å². The zero-order chi connectivity index (χ0) is 30.5. The van der Waals surface area contributed by atoms with Crippen molar-refractivity contribution in [1.82, 2.24) is 0 Å². The van der Waals surface area contributed by atoms with Crippen molar-refractivity contribution in [1.29, 1.82) is 0 Å². The number of hydrogen-bond donors (Lipinski definition) is 1. The lowest BCUT2D eigenvalue weighted by molar-refractivity contribution is -0.234. The van der Waals surface area contributed by atoms with E-state index in [2.05, 4.69) is 48.5 Å². The molecule has 0 spiro atoms. The van der Waals surface area contributed by atoms with Crippen molar-refractivity contribution in [2.45, 2.75) is 136 Å². The number of rotatable bonds is 4. The predicted molar refractivity (Wildman–Crippen MR) is 174 cm³/mol. The van der Waals surface area contributed by atoms with Crippen molar-refractivity contribution < 1.29 is 19.4 Å². The number of hydrogen-bond acceptors (Lipinski definition) is 6. The molecule has 5 fully saturated rings. The molecule has 0 aromatic heterocycles. The highest BCUT2D eigenvalue weighted by Gasteiger charge is 2.71. The first kappa shape index (κ1) is 31.5. The smallest absolute Gasteiger partial charge is 0.302 e. The van der Waals surface area contributed by atoms with E-state index in [1.54, 1.807) is 6.92 Å². The van der Waals surface area contributed by atoms with Gasteiger partial charge in [0.25, 0.3) is 0 Å². The summed E-state index contributed by atoms with van der Waals surface area (Å²) in [7, 11) is 0. The molecular weight excluding hydrogens is 561 g/mol. The quantitative estimate of drug-likeness (QED) is 0.320. The van der Waals surface area contributed by atoms with Gasteiger partial charge < -0.3 is 9.84 Å². The minimum Gasteiger partial charge on any atom is -0.462 e. The van der Waals surface area contributed by atoms with Gasteiger partial charge >= 0.3 is 5.97 Å². The van der Waals surface area contributed by atoms with Crippen LogP contribution in [0, 0.1) is 50.7 Å². The third kappa shape index (κ3) is 4.25. The number of allylic oxidation sites excluding steroid dienone is 1. The van der Waals surface area contributed by atoms with Gasteiger partial charge in [-0.3, -0.25) is 9.59 Å². The summed E-state index contributed by atoms with van der Waals surface area (Å²) in [6.07, 6.45) is 10.1. The number of aliphatic hydroxyl groups is 1. The molecule has 4 saturated carbocycles. The van der Waals surface area contributed by atoms with E-state index >= 15 is 0 Å².